The van der Waals surface area contributed by atoms with Crippen LogP contribution < -0.4 is 15.8 Å². The molecule has 1 aromatic carbocycles. The van der Waals surface area contributed by atoms with Crippen molar-refractivity contribution < 1.29 is 9.53 Å². The molecule has 5 heteroatoms. The van der Waals surface area contributed by atoms with Gasteiger partial charge in [0.25, 0.3) is 5.91 Å². The van der Waals surface area contributed by atoms with Crippen molar-refractivity contribution in [3.05, 3.63) is 45.6 Å². The molecule has 2 rings (SSSR count). The highest BCUT2D eigenvalue weighted by atomic mass is 32.1. The molecule has 0 aliphatic rings. The molecule has 0 unspecified atom stereocenters. The number of hydrogen-bond acceptors (Lipinski definition) is 4. The third-order valence-corrected chi connectivity index (χ3v) is 3.71. The number of aryl methyl sites for hydroxylation is 1. The Morgan fingerprint density at radius 2 is 2.16 bits per heavy atom. The standard InChI is InChI=1S/C14H16N2O2S/c1-9-3-6-13(19-9)14(17)16-8-10-7-11(15)4-5-12(10)18-2/h3-7H,8,15H2,1-2H3,(H,16,17). The summed E-state index contributed by atoms with van der Waals surface area (Å²) in [6.45, 7) is 2.37. The van der Waals surface area contributed by atoms with Gasteiger partial charge in [-0.05, 0) is 37.3 Å². The topological polar surface area (TPSA) is 64.3 Å². The number of anilines is 1. The van der Waals surface area contributed by atoms with Crippen molar-refractivity contribution in [2.45, 2.75) is 13.5 Å². The van der Waals surface area contributed by atoms with Gasteiger partial charge in [0.2, 0.25) is 0 Å². The molecule has 1 aromatic heterocycles. The van der Waals surface area contributed by atoms with E-state index in [1.165, 1.54) is 11.3 Å². The highest BCUT2D eigenvalue weighted by Crippen LogP contribution is 2.21. The molecule has 4 nitrogen and oxygen atoms in total. The van der Waals surface area contributed by atoms with Gasteiger partial charge < -0.3 is 15.8 Å². The molecule has 1 amide bonds. The van der Waals surface area contributed by atoms with Crippen molar-refractivity contribution in [1.82, 2.24) is 5.32 Å². The second-order valence-corrected chi connectivity index (χ2v) is 5.45. The van der Waals surface area contributed by atoms with Gasteiger partial charge in [-0.25, -0.2) is 0 Å². The summed E-state index contributed by atoms with van der Waals surface area (Å²) in [4.78, 5) is 13.8. The summed E-state index contributed by atoms with van der Waals surface area (Å²) in [5, 5.41) is 2.87. The Labute approximate surface area is 116 Å². The minimum Gasteiger partial charge on any atom is -0.496 e. The summed E-state index contributed by atoms with van der Waals surface area (Å²) in [5.74, 6) is 0.638. The van der Waals surface area contributed by atoms with E-state index >= 15 is 0 Å². The Hall–Kier alpha value is -2.01. The number of nitrogens with two attached hydrogens (primary N) is 1. The van der Waals surface area contributed by atoms with Gasteiger partial charge in [0, 0.05) is 22.7 Å². The van der Waals surface area contributed by atoms with E-state index in [-0.39, 0.29) is 5.91 Å². The first-order valence-corrected chi connectivity index (χ1v) is 6.69. The number of nitrogens with one attached hydrogen (secondary N) is 1. The van der Waals surface area contributed by atoms with Crippen molar-refractivity contribution in [2.24, 2.45) is 0 Å². The number of benzene rings is 1. The quantitative estimate of drug-likeness (QED) is 0.844. The molecule has 0 aliphatic heterocycles. The zero-order valence-corrected chi connectivity index (χ0v) is 11.7. The van der Waals surface area contributed by atoms with Crippen LogP contribution in [0.1, 0.15) is 20.1 Å². The summed E-state index contributed by atoms with van der Waals surface area (Å²) in [6.07, 6.45) is 0. The highest BCUT2D eigenvalue weighted by Gasteiger charge is 2.09. The molecule has 2 aromatic rings. The lowest BCUT2D eigenvalue weighted by Crippen LogP contribution is -2.22. The predicted octanol–water partition coefficient (Wildman–Crippen LogP) is 2.58. The molecule has 0 bridgehead atoms. The smallest absolute Gasteiger partial charge is 0.261 e. The lowest BCUT2D eigenvalue weighted by Gasteiger charge is -2.10. The van der Waals surface area contributed by atoms with Crippen LogP contribution in [0.3, 0.4) is 0 Å². The van der Waals surface area contributed by atoms with E-state index in [0.717, 1.165) is 16.2 Å². The molecular formula is C14H16N2O2S. The number of methoxy groups -OCH3 is 1. The number of thiophene rings is 1. The van der Waals surface area contributed by atoms with Gasteiger partial charge in [0.1, 0.15) is 5.75 Å². The third kappa shape index (κ3) is 3.26. The number of nitrogen functional groups attached to an aromatic ring is 1. The maximum absolute atomic E-state index is 11.9. The Morgan fingerprint density at radius 1 is 1.37 bits per heavy atom. The maximum atomic E-state index is 11.9. The molecule has 100 valence electrons. The van der Waals surface area contributed by atoms with Crippen molar-refractivity contribution in [3.8, 4) is 5.75 Å². The lowest BCUT2D eigenvalue weighted by molar-refractivity contribution is 0.0954. The second-order valence-electron chi connectivity index (χ2n) is 4.16. The Balaban J connectivity index is 2.06. The predicted molar refractivity (Wildman–Crippen MR) is 77.6 cm³/mol. The molecule has 19 heavy (non-hydrogen) atoms. The van der Waals surface area contributed by atoms with Crippen LogP contribution >= 0.6 is 11.3 Å². The maximum Gasteiger partial charge on any atom is 0.261 e. The fraction of sp³-hybridized carbons (Fsp3) is 0.214. The monoisotopic (exact) mass is 276 g/mol. The number of carbonyl (C=O) groups excluding carboxylic acids is 1. The molecule has 1 heterocycles. The van der Waals surface area contributed by atoms with E-state index in [4.69, 9.17) is 10.5 Å². The summed E-state index contributed by atoms with van der Waals surface area (Å²) in [6, 6.07) is 9.13. The average molecular weight is 276 g/mol. The highest BCUT2D eigenvalue weighted by molar-refractivity contribution is 7.13. The van der Waals surface area contributed by atoms with Gasteiger partial charge in [-0.3, -0.25) is 4.79 Å². The number of ether oxygens (including phenoxy) is 1. The minimum atomic E-state index is -0.0809. The van der Waals surface area contributed by atoms with E-state index < -0.39 is 0 Å². The number of carbonyl (C=O) groups is 1. The van der Waals surface area contributed by atoms with Crippen LogP contribution in [-0.2, 0) is 6.54 Å². The first kappa shape index (κ1) is 13.4. The summed E-state index contributed by atoms with van der Waals surface area (Å²) < 4.78 is 5.24. The number of amides is 1. The number of hydrogen-bond donors (Lipinski definition) is 2. The average Bonchev–Trinajstić information content (AvgIpc) is 2.83. The number of rotatable bonds is 4. The molecule has 0 saturated heterocycles. The molecule has 0 atom stereocenters. The molecule has 0 saturated carbocycles. The van der Waals surface area contributed by atoms with Crippen LogP contribution in [0.2, 0.25) is 0 Å². The summed E-state index contributed by atoms with van der Waals surface area (Å²) >= 11 is 1.48. The van der Waals surface area contributed by atoms with Crippen molar-refractivity contribution in [3.63, 3.8) is 0 Å². The molecule has 0 radical (unpaired) electrons. The molecule has 0 aliphatic carbocycles. The van der Waals surface area contributed by atoms with Crippen molar-refractivity contribution in [2.75, 3.05) is 12.8 Å². The Bertz CT molecular complexity index is 593. The normalized spacial score (nSPS) is 10.2. The largest absolute Gasteiger partial charge is 0.496 e. The van der Waals surface area contributed by atoms with E-state index in [9.17, 15) is 4.79 Å². The van der Waals surface area contributed by atoms with Gasteiger partial charge in [0.15, 0.2) is 0 Å². The zero-order chi connectivity index (χ0) is 13.8. The molecular weight excluding hydrogens is 260 g/mol. The van der Waals surface area contributed by atoms with E-state index in [1.54, 1.807) is 25.3 Å². The van der Waals surface area contributed by atoms with Gasteiger partial charge in [0.05, 0.1) is 12.0 Å². The third-order valence-electron chi connectivity index (χ3n) is 2.71. The van der Waals surface area contributed by atoms with Gasteiger partial charge in [-0.1, -0.05) is 0 Å². The van der Waals surface area contributed by atoms with Crippen LogP contribution in [-0.4, -0.2) is 13.0 Å². The van der Waals surface area contributed by atoms with E-state index in [2.05, 4.69) is 5.32 Å². The van der Waals surface area contributed by atoms with Crippen molar-refractivity contribution in [1.29, 1.82) is 0 Å². The summed E-state index contributed by atoms with van der Waals surface area (Å²) in [5.41, 5.74) is 7.25. The Morgan fingerprint density at radius 3 is 2.79 bits per heavy atom. The Kier molecular flexibility index (Phi) is 4.06. The van der Waals surface area contributed by atoms with Crippen molar-refractivity contribution >= 4 is 22.9 Å². The first-order valence-electron chi connectivity index (χ1n) is 5.87. The lowest BCUT2D eigenvalue weighted by atomic mass is 10.1. The van der Waals surface area contributed by atoms with Crippen LogP contribution in [0.4, 0.5) is 5.69 Å². The van der Waals surface area contributed by atoms with Crippen LogP contribution in [0.15, 0.2) is 30.3 Å². The van der Waals surface area contributed by atoms with Crippen LogP contribution in [0.25, 0.3) is 0 Å². The molecule has 0 fully saturated rings. The van der Waals surface area contributed by atoms with E-state index in [0.29, 0.717) is 17.1 Å². The van der Waals surface area contributed by atoms with Crippen LogP contribution in [0, 0.1) is 6.92 Å². The van der Waals surface area contributed by atoms with Crippen LogP contribution in [0.5, 0.6) is 5.75 Å². The van der Waals surface area contributed by atoms with E-state index in [1.807, 2.05) is 19.1 Å². The van der Waals surface area contributed by atoms with Gasteiger partial charge in [-0.2, -0.15) is 0 Å². The van der Waals surface area contributed by atoms with Gasteiger partial charge >= 0.3 is 0 Å². The SMILES string of the molecule is COc1ccc(N)cc1CNC(=O)c1ccc(C)s1. The minimum absolute atomic E-state index is 0.0809. The molecule has 0 spiro atoms. The first-order chi connectivity index (χ1) is 9.10. The zero-order valence-electron chi connectivity index (χ0n) is 10.9. The second kappa shape index (κ2) is 5.75. The fourth-order valence-electron chi connectivity index (χ4n) is 1.76. The van der Waals surface area contributed by atoms with Gasteiger partial charge in [-0.15, -0.1) is 11.3 Å². The molecule has 3 N–H and O–H groups in total. The summed E-state index contributed by atoms with van der Waals surface area (Å²) in [7, 11) is 1.60. The fourth-order valence-corrected chi connectivity index (χ4v) is 2.54.